The molecule has 2 aromatic rings. The number of nitrogens with one attached hydrogen (secondary N) is 1. The Bertz CT molecular complexity index is 746. The van der Waals surface area contributed by atoms with Crippen LogP contribution in [0.25, 0.3) is 0 Å². The van der Waals surface area contributed by atoms with Crippen LogP contribution < -0.4 is 10.2 Å². The van der Waals surface area contributed by atoms with E-state index in [2.05, 4.69) is 49.7 Å². The minimum absolute atomic E-state index is 0.0826. The average molecular weight is 413 g/mol. The second-order valence-electron chi connectivity index (χ2n) is 8.13. The molecule has 1 aromatic carbocycles. The van der Waals surface area contributed by atoms with Gasteiger partial charge in [0.1, 0.15) is 0 Å². The molecule has 1 amide bonds. The predicted octanol–water partition coefficient (Wildman–Crippen LogP) is 3.88. The van der Waals surface area contributed by atoms with Crippen molar-refractivity contribution in [3.05, 3.63) is 46.7 Å². The number of nitrogens with zero attached hydrogens (tertiary/aromatic N) is 3. The normalized spacial score (nSPS) is 19.1. The van der Waals surface area contributed by atoms with Crippen molar-refractivity contribution in [3.8, 4) is 0 Å². The van der Waals surface area contributed by atoms with Crippen LogP contribution in [-0.4, -0.2) is 61.5 Å². The lowest BCUT2D eigenvalue weighted by Crippen LogP contribution is -2.48. The molecule has 2 fully saturated rings. The van der Waals surface area contributed by atoms with E-state index in [0.717, 1.165) is 51.5 Å². The van der Waals surface area contributed by atoms with E-state index < -0.39 is 0 Å². The van der Waals surface area contributed by atoms with Gasteiger partial charge in [-0.1, -0.05) is 18.9 Å². The average Bonchev–Trinajstić information content (AvgIpc) is 3.09. The third-order valence-electron chi connectivity index (χ3n) is 5.91. The zero-order chi connectivity index (χ0) is 19.9. The maximum Gasteiger partial charge on any atom is 0.238 e. The SMILES string of the molecule is O=C(CN1CCN(Cc2cccs2)CC1)Nc1ccc(N2CCCCCC2)cc1. The highest BCUT2D eigenvalue weighted by Gasteiger charge is 2.19. The number of hydrogen-bond donors (Lipinski definition) is 1. The second-order valence-corrected chi connectivity index (χ2v) is 9.16. The van der Waals surface area contributed by atoms with E-state index in [1.54, 1.807) is 0 Å². The Morgan fingerprint density at radius 1 is 0.862 bits per heavy atom. The topological polar surface area (TPSA) is 38.8 Å². The standard InChI is InChI=1S/C23H32N4OS/c28-23(19-26-15-13-25(14-16-26)18-22-6-5-17-29-22)24-20-7-9-21(10-8-20)27-11-3-1-2-4-12-27/h5-10,17H,1-4,11-16,18-19H2,(H,24,28). The number of carbonyl (C=O) groups excluding carboxylic acids is 1. The molecule has 0 unspecified atom stereocenters. The van der Waals surface area contributed by atoms with Gasteiger partial charge in [0.25, 0.3) is 0 Å². The van der Waals surface area contributed by atoms with Gasteiger partial charge in [0.05, 0.1) is 6.54 Å². The zero-order valence-electron chi connectivity index (χ0n) is 17.2. The Balaban J connectivity index is 1.20. The molecule has 2 aliphatic rings. The van der Waals surface area contributed by atoms with Crippen LogP contribution in [0.3, 0.4) is 0 Å². The van der Waals surface area contributed by atoms with Gasteiger partial charge in [-0.25, -0.2) is 0 Å². The highest BCUT2D eigenvalue weighted by molar-refractivity contribution is 7.09. The van der Waals surface area contributed by atoms with Gasteiger partial charge in [0.2, 0.25) is 5.91 Å². The fraction of sp³-hybridized carbons (Fsp3) is 0.522. The van der Waals surface area contributed by atoms with Crippen molar-refractivity contribution in [2.45, 2.75) is 32.2 Å². The van der Waals surface area contributed by atoms with Gasteiger partial charge in [0, 0.05) is 62.1 Å². The summed E-state index contributed by atoms with van der Waals surface area (Å²) in [6, 6.07) is 12.7. The van der Waals surface area contributed by atoms with Crippen molar-refractivity contribution in [1.29, 1.82) is 0 Å². The van der Waals surface area contributed by atoms with Gasteiger partial charge in [-0.2, -0.15) is 0 Å². The fourth-order valence-electron chi connectivity index (χ4n) is 4.22. The molecule has 0 bridgehead atoms. The summed E-state index contributed by atoms with van der Waals surface area (Å²) >= 11 is 1.82. The van der Waals surface area contributed by atoms with Gasteiger partial charge in [-0.15, -0.1) is 11.3 Å². The number of carbonyl (C=O) groups is 1. The van der Waals surface area contributed by atoms with Crippen LogP contribution >= 0.6 is 11.3 Å². The third-order valence-corrected chi connectivity index (χ3v) is 6.78. The molecule has 1 aromatic heterocycles. The van der Waals surface area contributed by atoms with Crippen LogP contribution in [0.4, 0.5) is 11.4 Å². The summed E-state index contributed by atoms with van der Waals surface area (Å²) < 4.78 is 0. The minimum Gasteiger partial charge on any atom is -0.372 e. The Hall–Kier alpha value is -1.89. The largest absolute Gasteiger partial charge is 0.372 e. The van der Waals surface area contributed by atoms with E-state index in [-0.39, 0.29) is 5.91 Å². The van der Waals surface area contributed by atoms with E-state index in [0.29, 0.717) is 6.54 Å². The molecule has 4 rings (SSSR count). The summed E-state index contributed by atoms with van der Waals surface area (Å²) in [4.78, 5) is 21.1. The van der Waals surface area contributed by atoms with Crippen molar-refractivity contribution in [3.63, 3.8) is 0 Å². The van der Waals surface area contributed by atoms with Gasteiger partial charge in [-0.05, 0) is 48.6 Å². The van der Waals surface area contributed by atoms with E-state index in [4.69, 9.17) is 0 Å². The summed E-state index contributed by atoms with van der Waals surface area (Å²) in [6.07, 6.45) is 5.23. The molecule has 2 saturated heterocycles. The molecule has 0 saturated carbocycles. The second kappa shape index (κ2) is 10.2. The minimum atomic E-state index is 0.0826. The fourth-order valence-corrected chi connectivity index (χ4v) is 4.96. The summed E-state index contributed by atoms with van der Waals surface area (Å²) in [6.45, 7) is 7.74. The van der Waals surface area contributed by atoms with Crippen LogP contribution in [0.15, 0.2) is 41.8 Å². The van der Waals surface area contributed by atoms with Gasteiger partial charge in [-0.3, -0.25) is 14.6 Å². The van der Waals surface area contributed by atoms with Crippen molar-refractivity contribution < 1.29 is 4.79 Å². The molecule has 5 nitrogen and oxygen atoms in total. The van der Waals surface area contributed by atoms with E-state index in [1.165, 1.54) is 36.2 Å². The van der Waals surface area contributed by atoms with Crippen molar-refractivity contribution in [1.82, 2.24) is 9.80 Å². The number of benzene rings is 1. The number of amides is 1. The molecule has 3 heterocycles. The van der Waals surface area contributed by atoms with Crippen molar-refractivity contribution in [2.75, 3.05) is 56.0 Å². The first-order valence-corrected chi connectivity index (χ1v) is 11.8. The Morgan fingerprint density at radius 3 is 2.21 bits per heavy atom. The summed E-state index contributed by atoms with van der Waals surface area (Å²) in [7, 11) is 0. The molecule has 0 atom stereocenters. The smallest absolute Gasteiger partial charge is 0.238 e. The molecule has 1 N–H and O–H groups in total. The van der Waals surface area contributed by atoms with Crippen LogP contribution in [0.5, 0.6) is 0 Å². The third kappa shape index (κ3) is 6.04. The van der Waals surface area contributed by atoms with Crippen molar-refractivity contribution >= 4 is 28.6 Å². The first kappa shape index (κ1) is 20.4. The summed E-state index contributed by atoms with van der Waals surface area (Å²) in [5.74, 6) is 0.0826. The molecule has 0 aliphatic carbocycles. The molecule has 2 aliphatic heterocycles. The molecule has 6 heteroatoms. The number of hydrogen-bond acceptors (Lipinski definition) is 5. The summed E-state index contributed by atoms with van der Waals surface area (Å²) in [5, 5.41) is 5.20. The quantitative estimate of drug-likeness (QED) is 0.781. The van der Waals surface area contributed by atoms with E-state index in [9.17, 15) is 4.79 Å². The number of anilines is 2. The first-order valence-electron chi connectivity index (χ1n) is 10.9. The molecule has 0 spiro atoms. The Kier molecular flexibility index (Phi) is 7.19. The van der Waals surface area contributed by atoms with E-state index in [1.807, 2.05) is 23.5 Å². The monoisotopic (exact) mass is 412 g/mol. The predicted molar refractivity (Wildman–Crippen MR) is 122 cm³/mol. The molecular formula is C23H32N4OS. The number of rotatable bonds is 6. The Labute approximate surface area is 178 Å². The highest BCUT2D eigenvalue weighted by Crippen LogP contribution is 2.21. The first-order chi connectivity index (χ1) is 14.3. The van der Waals surface area contributed by atoms with Gasteiger partial charge >= 0.3 is 0 Å². The van der Waals surface area contributed by atoms with Crippen molar-refractivity contribution in [2.24, 2.45) is 0 Å². The number of thiophene rings is 1. The van der Waals surface area contributed by atoms with Crippen LogP contribution in [0, 0.1) is 0 Å². The molecular weight excluding hydrogens is 380 g/mol. The van der Waals surface area contributed by atoms with Crippen LogP contribution in [0.1, 0.15) is 30.6 Å². The van der Waals surface area contributed by atoms with E-state index >= 15 is 0 Å². The number of piperazine rings is 1. The molecule has 0 radical (unpaired) electrons. The lowest BCUT2D eigenvalue weighted by atomic mass is 10.2. The lowest BCUT2D eigenvalue weighted by molar-refractivity contribution is -0.117. The Morgan fingerprint density at radius 2 is 1.55 bits per heavy atom. The van der Waals surface area contributed by atoms with Crippen LogP contribution in [0.2, 0.25) is 0 Å². The zero-order valence-corrected chi connectivity index (χ0v) is 18.0. The highest BCUT2D eigenvalue weighted by atomic mass is 32.1. The maximum atomic E-state index is 12.5. The van der Waals surface area contributed by atoms with Gasteiger partial charge in [0.15, 0.2) is 0 Å². The van der Waals surface area contributed by atoms with Crippen LogP contribution in [-0.2, 0) is 11.3 Å². The maximum absolute atomic E-state index is 12.5. The molecule has 156 valence electrons. The summed E-state index contributed by atoms with van der Waals surface area (Å²) in [5.41, 5.74) is 2.16. The lowest BCUT2D eigenvalue weighted by Gasteiger charge is -2.34. The molecule has 29 heavy (non-hydrogen) atoms. The van der Waals surface area contributed by atoms with Gasteiger partial charge < -0.3 is 10.2 Å².